The smallest absolute Gasteiger partial charge is 0.339 e. The van der Waals surface area contributed by atoms with Crippen LogP contribution in [-0.4, -0.2) is 28.0 Å². The molecule has 2 amide bonds. The van der Waals surface area contributed by atoms with Gasteiger partial charge in [-0.05, 0) is 48.5 Å². The van der Waals surface area contributed by atoms with Crippen molar-refractivity contribution in [2.24, 2.45) is 0 Å². The maximum atomic E-state index is 12.3. The van der Waals surface area contributed by atoms with E-state index in [0.717, 1.165) is 6.07 Å². The lowest BCUT2D eigenvalue weighted by atomic mass is 10.1. The molecule has 136 valence electrons. The average Bonchev–Trinajstić information content (AvgIpc) is 3.17. The lowest BCUT2D eigenvalue weighted by Gasteiger charge is -2.08. The summed E-state index contributed by atoms with van der Waals surface area (Å²) >= 11 is 0. The number of aromatic hydroxyl groups is 1. The summed E-state index contributed by atoms with van der Waals surface area (Å²) < 4.78 is 5.00. The summed E-state index contributed by atoms with van der Waals surface area (Å²) in [4.78, 5) is 35.0. The van der Waals surface area contributed by atoms with Crippen molar-refractivity contribution in [2.75, 3.05) is 10.6 Å². The van der Waals surface area contributed by atoms with Gasteiger partial charge < -0.3 is 25.3 Å². The van der Waals surface area contributed by atoms with E-state index in [1.807, 2.05) is 0 Å². The van der Waals surface area contributed by atoms with Gasteiger partial charge in [-0.3, -0.25) is 9.59 Å². The summed E-state index contributed by atoms with van der Waals surface area (Å²) in [6.45, 7) is 0. The number of anilines is 2. The number of carbonyl (C=O) groups is 3. The Morgan fingerprint density at radius 3 is 2.11 bits per heavy atom. The Morgan fingerprint density at radius 1 is 0.852 bits per heavy atom. The fraction of sp³-hybridized carbons (Fsp3) is 0. The van der Waals surface area contributed by atoms with Crippen LogP contribution in [0.1, 0.15) is 31.3 Å². The van der Waals surface area contributed by atoms with Gasteiger partial charge >= 0.3 is 5.97 Å². The third-order valence-electron chi connectivity index (χ3n) is 3.64. The van der Waals surface area contributed by atoms with Crippen LogP contribution >= 0.6 is 0 Å². The van der Waals surface area contributed by atoms with Crippen molar-refractivity contribution in [2.45, 2.75) is 0 Å². The van der Waals surface area contributed by atoms with Crippen LogP contribution < -0.4 is 10.6 Å². The first-order chi connectivity index (χ1) is 12.9. The van der Waals surface area contributed by atoms with Crippen LogP contribution in [0.3, 0.4) is 0 Å². The number of hydrogen-bond donors (Lipinski definition) is 4. The SMILES string of the molecule is O=C(Nc1ccc(C(=O)O)c(O)c1)c1ccc(NC(=O)c2ccco2)cc1. The number of phenols is 1. The molecule has 0 radical (unpaired) electrons. The lowest BCUT2D eigenvalue weighted by Crippen LogP contribution is -2.13. The highest BCUT2D eigenvalue weighted by molar-refractivity contribution is 6.06. The first kappa shape index (κ1) is 17.7. The van der Waals surface area contributed by atoms with Gasteiger partial charge in [0.25, 0.3) is 11.8 Å². The molecule has 0 aliphatic rings. The Balaban J connectivity index is 1.66. The van der Waals surface area contributed by atoms with Gasteiger partial charge in [-0.25, -0.2) is 4.79 Å². The molecule has 3 rings (SSSR count). The molecule has 2 aromatic carbocycles. The molecule has 0 atom stereocenters. The van der Waals surface area contributed by atoms with Crippen LogP contribution in [0.2, 0.25) is 0 Å². The van der Waals surface area contributed by atoms with Gasteiger partial charge in [0.2, 0.25) is 0 Å². The van der Waals surface area contributed by atoms with Crippen molar-refractivity contribution < 1.29 is 29.0 Å². The van der Waals surface area contributed by atoms with Crippen molar-refractivity contribution in [1.82, 2.24) is 0 Å². The molecular weight excluding hydrogens is 352 g/mol. The molecule has 0 bridgehead atoms. The van der Waals surface area contributed by atoms with E-state index in [4.69, 9.17) is 9.52 Å². The molecular formula is C19H14N2O6. The molecule has 0 unspecified atom stereocenters. The number of carbonyl (C=O) groups excluding carboxylic acids is 2. The Labute approximate surface area is 153 Å². The van der Waals surface area contributed by atoms with Gasteiger partial charge in [0.05, 0.1) is 6.26 Å². The van der Waals surface area contributed by atoms with E-state index in [-0.39, 0.29) is 17.0 Å². The topological polar surface area (TPSA) is 129 Å². The highest BCUT2D eigenvalue weighted by Gasteiger charge is 2.13. The molecule has 0 aliphatic carbocycles. The Bertz CT molecular complexity index is 994. The van der Waals surface area contributed by atoms with Crippen molar-refractivity contribution in [3.63, 3.8) is 0 Å². The molecule has 3 aromatic rings. The quantitative estimate of drug-likeness (QED) is 0.549. The average molecular weight is 366 g/mol. The Hall–Kier alpha value is -4.07. The molecule has 0 aliphatic heterocycles. The predicted molar refractivity (Wildman–Crippen MR) is 96.1 cm³/mol. The monoisotopic (exact) mass is 366 g/mol. The van der Waals surface area contributed by atoms with Crippen molar-refractivity contribution in [3.8, 4) is 5.75 Å². The van der Waals surface area contributed by atoms with Gasteiger partial charge in [-0.2, -0.15) is 0 Å². The third-order valence-corrected chi connectivity index (χ3v) is 3.64. The largest absolute Gasteiger partial charge is 0.507 e. The number of benzene rings is 2. The molecule has 4 N–H and O–H groups in total. The molecule has 8 heteroatoms. The molecule has 27 heavy (non-hydrogen) atoms. The van der Waals surface area contributed by atoms with Crippen molar-refractivity contribution >= 4 is 29.2 Å². The minimum atomic E-state index is -1.27. The number of carboxylic acids is 1. The maximum Gasteiger partial charge on any atom is 0.339 e. The summed E-state index contributed by atoms with van der Waals surface area (Å²) in [7, 11) is 0. The van der Waals surface area contributed by atoms with E-state index in [0.29, 0.717) is 11.3 Å². The predicted octanol–water partition coefficient (Wildman–Crippen LogP) is 3.19. The zero-order chi connectivity index (χ0) is 19.4. The highest BCUT2D eigenvalue weighted by Crippen LogP contribution is 2.22. The second-order valence-electron chi connectivity index (χ2n) is 5.50. The second kappa shape index (κ2) is 7.44. The van der Waals surface area contributed by atoms with Crippen LogP contribution in [0.15, 0.2) is 65.3 Å². The van der Waals surface area contributed by atoms with Crippen LogP contribution in [-0.2, 0) is 0 Å². The molecule has 0 saturated carbocycles. The van der Waals surface area contributed by atoms with E-state index in [9.17, 15) is 19.5 Å². The normalized spacial score (nSPS) is 10.2. The number of nitrogens with one attached hydrogen (secondary N) is 2. The maximum absolute atomic E-state index is 12.3. The summed E-state index contributed by atoms with van der Waals surface area (Å²) in [5.74, 6) is -2.41. The fourth-order valence-corrected chi connectivity index (χ4v) is 2.30. The Kier molecular flexibility index (Phi) is 4.89. The first-order valence-electron chi connectivity index (χ1n) is 7.76. The van der Waals surface area contributed by atoms with Crippen LogP contribution in [0, 0.1) is 0 Å². The second-order valence-corrected chi connectivity index (χ2v) is 5.50. The zero-order valence-electron chi connectivity index (χ0n) is 13.8. The molecule has 1 aromatic heterocycles. The first-order valence-corrected chi connectivity index (χ1v) is 7.76. The molecule has 8 nitrogen and oxygen atoms in total. The van der Waals surface area contributed by atoms with Gasteiger partial charge in [-0.15, -0.1) is 0 Å². The number of carboxylic acid groups (broad SMARTS) is 1. The zero-order valence-corrected chi connectivity index (χ0v) is 13.8. The van der Waals surface area contributed by atoms with Gasteiger partial charge in [0.15, 0.2) is 5.76 Å². The van der Waals surface area contributed by atoms with E-state index >= 15 is 0 Å². The highest BCUT2D eigenvalue weighted by atomic mass is 16.4. The summed E-state index contributed by atoms with van der Waals surface area (Å²) in [6.07, 6.45) is 1.39. The van der Waals surface area contributed by atoms with E-state index in [1.54, 1.807) is 18.2 Å². The number of hydrogen-bond acceptors (Lipinski definition) is 5. The standard InChI is InChI=1S/C19H14N2O6/c22-15-10-13(7-8-14(15)19(25)26)21-17(23)11-3-5-12(6-4-11)20-18(24)16-2-1-9-27-16/h1-10,22H,(H,20,24)(H,21,23)(H,25,26). The summed E-state index contributed by atoms with van der Waals surface area (Å²) in [5, 5.41) is 23.7. The number of rotatable bonds is 5. The number of aromatic carboxylic acids is 1. The van der Waals surface area contributed by atoms with E-state index in [1.165, 1.54) is 36.6 Å². The minimum Gasteiger partial charge on any atom is -0.507 e. The van der Waals surface area contributed by atoms with E-state index in [2.05, 4.69) is 10.6 Å². The molecule has 1 heterocycles. The molecule has 0 fully saturated rings. The van der Waals surface area contributed by atoms with Crippen LogP contribution in [0.4, 0.5) is 11.4 Å². The third kappa shape index (κ3) is 4.13. The number of amides is 2. The van der Waals surface area contributed by atoms with E-state index < -0.39 is 23.5 Å². The Morgan fingerprint density at radius 2 is 1.52 bits per heavy atom. The van der Waals surface area contributed by atoms with Gasteiger partial charge in [0.1, 0.15) is 11.3 Å². The lowest BCUT2D eigenvalue weighted by molar-refractivity contribution is 0.0693. The molecule has 0 saturated heterocycles. The minimum absolute atomic E-state index is 0.168. The molecule has 0 spiro atoms. The van der Waals surface area contributed by atoms with Crippen molar-refractivity contribution in [1.29, 1.82) is 0 Å². The fourth-order valence-electron chi connectivity index (χ4n) is 2.30. The van der Waals surface area contributed by atoms with Gasteiger partial charge in [-0.1, -0.05) is 0 Å². The summed E-state index contributed by atoms with van der Waals surface area (Å²) in [6, 6.07) is 13.0. The number of furan rings is 1. The van der Waals surface area contributed by atoms with Crippen LogP contribution in [0.25, 0.3) is 0 Å². The van der Waals surface area contributed by atoms with Gasteiger partial charge in [0, 0.05) is 23.0 Å². The van der Waals surface area contributed by atoms with Crippen molar-refractivity contribution in [3.05, 3.63) is 77.7 Å². The van der Waals surface area contributed by atoms with Crippen LogP contribution in [0.5, 0.6) is 5.75 Å². The summed E-state index contributed by atoms with van der Waals surface area (Å²) in [5.41, 5.74) is 0.784.